The SMILES string of the molecule is O=S(=O)(N1CCOCC1)N1CCC(c2cc(COc3ccc(F)cc3)[nH]n2)C1. The molecular formula is C18H23FN4O4S. The van der Waals surface area contributed by atoms with Crippen LogP contribution in [-0.4, -0.2) is 66.6 Å². The van der Waals surface area contributed by atoms with Crippen LogP contribution in [0.15, 0.2) is 30.3 Å². The molecule has 0 spiro atoms. The summed E-state index contributed by atoms with van der Waals surface area (Å²) in [4.78, 5) is 0. The second-order valence-corrected chi connectivity index (χ2v) is 8.85. The van der Waals surface area contributed by atoms with Crippen molar-refractivity contribution < 1.29 is 22.3 Å². The van der Waals surface area contributed by atoms with Gasteiger partial charge in [0.15, 0.2) is 0 Å². The summed E-state index contributed by atoms with van der Waals surface area (Å²) in [5.74, 6) is 0.307. The maximum absolute atomic E-state index is 12.9. The lowest BCUT2D eigenvalue weighted by Gasteiger charge is -2.30. The molecule has 1 aromatic carbocycles. The molecule has 1 aromatic heterocycles. The zero-order valence-electron chi connectivity index (χ0n) is 15.4. The van der Waals surface area contributed by atoms with Crippen LogP contribution in [0.25, 0.3) is 0 Å². The minimum Gasteiger partial charge on any atom is -0.487 e. The van der Waals surface area contributed by atoms with E-state index in [0.717, 1.165) is 17.8 Å². The molecule has 2 fully saturated rings. The summed E-state index contributed by atoms with van der Waals surface area (Å²) in [7, 11) is -3.45. The predicted molar refractivity (Wildman–Crippen MR) is 99.6 cm³/mol. The van der Waals surface area contributed by atoms with Crippen molar-refractivity contribution in [2.24, 2.45) is 0 Å². The van der Waals surface area contributed by atoms with Gasteiger partial charge >= 0.3 is 0 Å². The number of hydrogen-bond donors (Lipinski definition) is 1. The highest BCUT2D eigenvalue weighted by Gasteiger charge is 2.37. The number of rotatable bonds is 6. The molecule has 3 heterocycles. The summed E-state index contributed by atoms with van der Waals surface area (Å²) in [6.45, 7) is 2.86. The quantitative estimate of drug-likeness (QED) is 0.780. The van der Waals surface area contributed by atoms with E-state index in [4.69, 9.17) is 9.47 Å². The van der Waals surface area contributed by atoms with Crippen LogP contribution in [-0.2, 0) is 21.6 Å². The third-order valence-corrected chi connectivity index (χ3v) is 7.05. The van der Waals surface area contributed by atoms with Crippen LogP contribution in [0, 0.1) is 5.82 Å². The van der Waals surface area contributed by atoms with Crippen molar-refractivity contribution in [1.82, 2.24) is 18.8 Å². The van der Waals surface area contributed by atoms with Crippen LogP contribution in [0.4, 0.5) is 4.39 Å². The van der Waals surface area contributed by atoms with Gasteiger partial charge in [-0.25, -0.2) is 4.39 Å². The number of hydrogen-bond acceptors (Lipinski definition) is 5. The first-order valence-electron chi connectivity index (χ1n) is 9.28. The second-order valence-electron chi connectivity index (χ2n) is 6.92. The average molecular weight is 410 g/mol. The number of benzene rings is 1. The molecule has 10 heteroatoms. The number of aromatic nitrogens is 2. The monoisotopic (exact) mass is 410 g/mol. The third kappa shape index (κ3) is 4.19. The summed E-state index contributed by atoms with van der Waals surface area (Å²) in [6, 6.07) is 7.72. The highest BCUT2D eigenvalue weighted by Crippen LogP contribution is 2.29. The highest BCUT2D eigenvalue weighted by molar-refractivity contribution is 7.86. The van der Waals surface area contributed by atoms with Crippen molar-refractivity contribution in [3.8, 4) is 5.75 Å². The van der Waals surface area contributed by atoms with Gasteiger partial charge in [-0.1, -0.05) is 0 Å². The van der Waals surface area contributed by atoms with Crippen molar-refractivity contribution in [2.45, 2.75) is 18.9 Å². The van der Waals surface area contributed by atoms with Crippen molar-refractivity contribution in [3.05, 3.63) is 47.5 Å². The maximum Gasteiger partial charge on any atom is 0.282 e. The Kier molecular flexibility index (Phi) is 5.63. The van der Waals surface area contributed by atoms with Crippen LogP contribution >= 0.6 is 0 Å². The average Bonchev–Trinajstić information content (AvgIpc) is 3.38. The van der Waals surface area contributed by atoms with E-state index >= 15 is 0 Å². The Morgan fingerprint density at radius 3 is 2.68 bits per heavy atom. The van der Waals surface area contributed by atoms with E-state index in [2.05, 4.69) is 10.2 Å². The Labute approximate surface area is 163 Å². The number of H-pyrrole nitrogens is 1. The summed E-state index contributed by atoms with van der Waals surface area (Å²) in [5, 5.41) is 7.27. The first-order valence-corrected chi connectivity index (χ1v) is 10.7. The maximum atomic E-state index is 12.9. The molecule has 0 aliphatic carbocycles. The molecule has 0 saturated carbocycles. The molecule has 0 bridgehead atoms. The Bertz CT molecular complexity index is 897. The lowest BCUT2D eigenvalue weighted by Crippen LogP contribution is -2.47. The van der Waals surface area contributed by atoms with Crippen LogP contribution < -0.4 is 4.74 Å². The predicted octanol–water partition coefficient (Wildman–Crippen LogP) is 1.49. The minimum absolute atomic E-state index is 0.0478. The topological polar surface area (TPSA) is 87.8 Å². The van der Waals surface area contributed by atoms with E-state index in [1.165, 1.54) is 20.7 Å². The lowest BCUT2D eigenvalue weighted by molar-refractivity contribution is 0.0705. The molecule has 4 rings (SSSR count). The van der Waals surface area contributed by atoms with Gasteiger partial charge in [0, 0.05) is 32.1 Å². The fourth-order valence-corrected chi connectivity index (χ4v) is 5.12. The van der Waals surface area contributed by atoms with Crippen LogP contribution in [0.1, 0.15) is 23.7 Å². The van der Waals surface area contributed by atoms with E-state index in [-0.39, 0.29) is 18.3 Å². The van der Waals surface area contributed by atoms with E-state index in [1.54, 1.807) is 12.1 Å². The summed E-state index contributed by atoms with van der Waals surface area (Å²) < 4.78 is 52.4. The normalized spacial score (nSPS) is 21.8. The number of nitrogens with zero attached hydrogens (tertiary/aromatic N) is 3. The molecule has 0 radical (unpaired) electrons. The standard InChI is InChI=1S/C18H23FN4O4S/c19-15-1-3-17(4-2-15)27-13-16-11-18(21-20-16)14-5-6-23(12-14)28(24,25)22-7-9-26-10-8-22/h1-4,11,14H,5-10,12-13H2,(H,20,21). The van der Waals surface area contributed by atoms with Gasteiger partial charge in [-0.05, 0) is 36.8 Å². The zero-order chi connectivity index (χ0) is 19.6. The van der Waals surface area contributed by atoms with E-state index < -0.39 is 10.2 Å². The van der Waals surface area contributed by atoms with Crippen LogP contribution in [0.2, 0.25) is 0 Å². The molecule has 8 nitrogen and oxygen atoms in total. The minimum atomic E-state index is -3.45. The molecule has 2 saturated heterocycles. The molecule has 152 valence electrons. The fourth-order valence-electron chi connectivity index (χ4n) is 3.47. The molecule has 2 aromatic rings. The largest absolute Gasteiger partial charge is 0.487 e. The first kappa shape index (κ1) is 19.3. The zero-order valence-corrected chi connectivity index (χ0v) is 16.2. The summed E-state index contributed by atoms with van der Waals surface area (Å²) in [6.07, 6.45) is 0.729. The molecule has 2 aliphatic rings. The van der Waals surface area contributed by atoms with Gasteiger partial charge in [0.25, 0.3) is 10.2 Å². The Morgan fingerprint density at radius 1 is 1.18 bits per heavy atom. The van der Waals surface area contributed by atoms with Gasteiger partial charge < -0.3 is 9.47 Å². The Hall–Kier alpha value is -2.01. The van der Waals surface area contributed by atoms with Gasteiger partial charge in [-0.3, -0.25) is 5.10 Å². The fraction of sp³-hybridized carbons (Fsp3) is 0.500. The first-order chi connectivity index (χ1) is 13.5. The molecule has 1 N–H and O–H groups in total. The van der Waals surface area contributed by atoms with Gasteiger partial charge in [0.1, 0.15) is 18.2 Å². The van der Waals surface area contributed by atoms with Crippen LogP contribution in [0.5, 0.6) is 5.75 Å². The number of ether oxygens (including phenoxy) is 2. The number of halogens is 1. The summed E-state index contributed by atoms with van der Waals surface area (Å²) >= 11 is 0. The van der Waals surface area contributed by atoms with E-state index in [0.29, 0.717) is 45.1 Å². The van der Waals surface area contributed by atoms with E-state index in [9.17, 15) is 12.8 Å². The van der Waals surface area contributed by atoms with Crippen molar-refractivity contribution in [1.29, 1.82) is 0 Å². The molecule has 28 heavy (non-hydrogen) atoms. The van der Waals surface area contributed by atoms with Gasteiger partial charge in [-0.15, -0.1) is 0 Å². The van der Waals surface area contributed by atoms with Crippen molar-refractivity contribution >= 4 is 10.2 Å². The molecular weight excluding hydrogens is 387 g/mol. The lowest BCUT2D eigenvalue weighted by atomic mass is 10.1. The third-order valence-electron chi connectivity index (χ3n) is 5.05. The molecule has 2 aliphatic heterocycles. The molecule has 1 atom stereocenters. The van der Waals surface area contributed by atoms with Crippen molar-refractivity contribution in [2.75, 3.05) is 39.4 Å². The molecule has 1 unspecified atom stereocenters. The number of morpholine rings is 1. The Morgan fingerprint density at radius 2 is 1.93 bits per heavy atom. The number of nitrogens with one attached hydrogen (secondary N) is 1. The van der Waals surface area contributed by atoms with Gasteiger partial charge in [-0.2, -0.15) is 22.1 Å². The summed E-state index contributed by atoms with van der Waals surface area (Å²) in [5.41, 5.74) is 1.62. The van der Waals surface area contributed by atoms with E-state index in [1.807, 2.05) is 6.07 Å². The van der Waals surface area contributed by atoms with Crippen LogP contribution in [0.3, 0.4) is 0 Å². The number of aromatic amines is 1. The van der Waals surface area contributed by atoms with Gasteiger partial charge in [0.05, 0.1) is 24.6 Å². The second kappa shape index (κ2) is 8.16. The van der Waals surface area contributed by atoms with Gasteiger partial charge in [0.2, 0.25) is 0 Å². The Balaban J connectivity index is 1.35. The smallest absolute Gasteiger partial charge is 0.282 e. The van der Waals surface area contributed by atoms with Crippen molar-refractivity contribution in [3.63, 3.8) is 0 Å². The highest BCUT2D eigenvalue weighted by atomic mass is 32.2. The molecule has 0 amide bonds.